The van der Waals surface area contributed by atoms with E-state index in [0.717, 1.165) is 38.8 Å². The molecule has 0 aliphatic carbocycles. The number of Topliss-reactive ketones (excluding diaryl/α,β-unsaturated/α-hetero) is 2. The van der Waals surface area contributed by atoms with Crippen LogP contribution in [-0.2, 0) is 19.2 Å². The highest BCUT2D eigenvalue weighted by Gasteiger charge is 2.23. The highest BCUT2D eigenvalue weighted by Crippen LogP contribution is 2.14. The SMILES string of the molecule is O=C1CCN(CCCCCCCCCCCCN2CCC(=O)CC2=O)C(=O)C1. The van der Waals surface area contributed by atoms with Gasteiger partial charge >= 0.3 is 0 Å². The Morgan fingerprint density at radius 2 is 0.821 bits per heavy atom. The smallest absolute Gasteiger partial charge is 0.230 e. The first-order valence-corrected chi connectivity index (χ1v) is 11.1. The molecule has 0 aromatic heterocycles. The second-order valence-electron chi connectivity index (χ2n) is 8.23. The fourth-order valence-corrected chi connectivity index (χ4v) is 4.00. The van der Waals surface area contributed by atoms with Crippen molar-refractivity contribution < 1.29 is 19.2 Å². The van der Waals surface area contributed by atoms with Gasteiger partial charge in [-0.3, -0.25) is 19.2 Å². The lowest BCUT2D eigenvalue weighted by Crippen LogP contribution is -2.39. The Morgan fingerprint density at radius 3 is 1.14 bits per heavy atom. The number of hydrogen-bond acceptors (Lipinski definition) is 4. The Kier molecular flexibility index (Phi) is 10.2. The third-order valence-electron chi connectivity index (χ3n) is 5.83. The van der Waals surface area contributed by atoms with E-state index in [1.54, 1.807) is 0 Å². The highest BCUT2D eigenvalue weighted by molar-refractivity contribution is 6.00. The minimum Gasteiger partial charge on any atom is -0.342 e. The molecule has 6 heteroatoms. The molecule has 28 heavy (non-hydrogen) atoms. The van der Waals surface area contributed by atoms with Gasteiger partial charge in [-0.25, -0.2) is 0 Å². The number of carbonyl (C=O) groups excluding carboxylic acids is 4. The number of carbonyl (C=O) groups is 4. The van der Waals surface area contributed by atoms with E-state index in [4.69, 9.17) is 0 Å². The minimum absolute atomic E-state index is 0.00870. The second kappa shape index (κ2) is 12.7. The molecule has 2 fully saturated rings. The van der Waals surface area contributed by atoms with Gasteiger partial charge in [-0.2, -0.15) is 0 Å². The van der Waals surface area contributed by atoms with Crippen LogP contribution in [0.1, 0.15) is 89.9 Å². The molecule has 158 valence electrons. The van der Waals surface area contributed by atoms with Crippen molar-refractivity contribution in [3.05, 3.63) is 0 Å². The zero-order valence-corrected chi connectivity index (χ0v) is 17.3. The second-order valence-corrected chi connectivity index (χ2v) is 8.23. The molecule has 2 heterocycles. The average molecular weight is 393 g/mol. The van der Waals surface area contributed by atoms with Crippen LogP contribution in [0.3, 0.4) is 0 Å². The first-order chi connectivity index (χ1) is 13.6. The number of ketones is 2. The monoisotopic (exact) mass is 392 g/mol. The predicted octanol–water partition coefficient (Wildman–Crippen LogP) is 3.27. The van der Waals surface area contributed by atoms with Gasteiger partial charge in [0.1, 0.15) is 11.6 Å². The van der Waals surface area contributed by atoms with Crippen LogP contribution >= 0.6 is 0 Å². The summed E-state index contributed by atoms with van der Waals surface area (Å²) in [5.74, 6) is 0.180. The van der Waals surface area contributed by atoms with Crippen LogP contribution in [0.2, 0.25) is 0 Å². The number of amides is 2. The summed E-state index contributed by atoms with van der Waals surface area (Å²) in [6.07, 6.45) is 13.1. The van der Waals surface area contributed by atoms with E-state index in [9.17, 15) is 19.2 Å². The maximum Gasteiger partial charge on any atom is 0.230 e. The van der Waals surface area contributed by atoms with Crippen molar-refractivity contribution in [3.63, 3.8) is 0 Å². The van der Waals surface area contributed by atoms with Crippen LogP contribution in [0, 0.1) is 0 Å². The maximum atomic E-state index is 11.7. The van der Waals surface area contributed by atoms with Crippen LogP contribution in [0.25, 0.3) is 0 Å². The standard InChI is InChI=1S/C22H36N2O4/c25-19-11-15-23(21(27)17-19)13-9-7-5-3-1-2-4-6-8-10-14-24-16-12-20(26)18-22(24)28/h1-18H2. The van der Waals surface area contributed by atoms with Crippen molar-refractivity contribution in [2.75, 3.05) is 26.2 Å². The summed E-state index contributed by atoms with van der Waals surface area (Å²) >= 11 is 0. The molecule has 6 nitrogen and oxygen atoms in total. The Hall–Kier alpha value is -1.72. The summed E-state index contributed by atoms with van der Waals surface area (Å²) in [7, 11) is 0. The van der Waals surface area contributed by atoms with Crippen LogP contribution < -0.4 is 0 Å². The zero-order valence-electron chi connectivity index (χ0n) is 17.3. The Balaban J connectivity index is 1.33. The molecule has 0 N–H and O–H groups in total. The van der Waals surface area contributed by atoms with Crippen molar-refractivity contribution in [2.24, 2.45) is 0 Å². The molecule has 0 radical (unpaired) electrons. The molecule has 2 amide bonds. The van der Waals surface area contributed by atoms with E-state index in [-0.39, 0.29) is 36.2 Å². The minimum atomic E-state index is 0.00870. The van der Waals surface area contributed by atoms with Gasteiger partial charge in [0.2, 0.25) is 11.8 Å². The third kappa shape index (κ3) is 8.53. The van der Waals surface area contributed by atoms with Gasteiger partial charge < -0.3 is 9.80 Å². The average Bonchev–Trinajstić information content (AvgIpc) is 2.65. The molecule has 2 saturated heterocycles. The van der Waals surface area contributed by atoms with E-state index < -0.39 is 0 Å². The Bertz CT molecular complexity index is 499. The lowest BCUT2D eigenvalue weighted by Gasteiger charge is -2.26. The highest BCUT2D eigenvalue weighted by atomic mass is 16.2. The van der Waals surface area contributed by atoms with Gasteiger partial charge in [-0.05, 0) is 12.8 Å². The van der Waals surface area contributed by atoms with E-state index in [2.05, 4.69) is 0 Å². The molecule has 0 aromatic rings. The molecule has 2 rings (SSSR count). The summed E-state index contributed by atoms with van der Waals surface area (Å²) < 4.78 is 0. The van der Waals surface area contributed by atoms with E-state index in [0.29, 0.717) is 25.9 Å². The van der Waals surface area contributed by atoms with Gasteiger partial charge in [-0.15, -0.1) is 0 Å². The molecule has 0 aromatic carbocycles. The summed E-state index contributed by atoms with van der Waals surface area (Å²) in [6.45, 7) is 2.84. The molecule has 0 unspecified atom stereocenters. The lowest BCUT2D eigenvalue weighted by atomic mass is 10.0. The van der Waals surface area contributed by atoms with Crippen molar-refractivity contribution in [1.29, 1.82) is 0 Å². The van der Waals surface area contributed by atoms with Crippen LogP contribution in [0.5, 0.6) is 0 Å². The molecular formula is C22H36N2O4. The van der Waals surface area contributed by atoms with Gasteiger partial charge in [-0.1, -0.05) is 51.4 Å². The van der Waals surface area contributed by atoms with Crippen LogP contribution in [-0.4, -0.2) is 59.4 Å². The quantitative estimate of drug-likeness (QED) is 0.356. The van der Waals surface area contributed by atoms with Gasteiger partial charge in [0.25, 0.3) is 0 Å². The summed E-state index contributed by atoms with van der Waals surface area (Å²) in [5.41, 5.74) is 0. The molecule has 0 bridgehead atoms. The van der Waals surface area contributed by atoms with Crippen LogP contribution in [0.4, 0.5) is 0 Å². The van der Waals surface area contributed by atoms with E-state index >= 15 is 0 Å². The number of likely N-dealkylation sites (tertiary alicyclic amines) is 2. The summed E-state index contributed by atoms with van der Waals surface area (Å²) in [5, 5.41) is 0. The summed E-state index contributed by atoms with van der Waals surface area (Å²) in [6, 6.07) is 0. The van der Waals surface area contributed by atoms with E-state index in [1.165, 1.54) is 38.5 Å². The van der Waals surface area contributed by atoms with Crippen molar-refractivity contribution in [1.82, 2.24) is 9.80 Å². The van der Waals surface area contributed by atoms with Crippen molar-refractivity contribution in [2.45, 2.75) is 89.9 Å². The predicted molar refractivity (Wildman–Crippen MR) is 108 cm³/mol. The first kappa shape index (κ1) is 22.6. The lowest BCUT2D eigenvalue weighted by molar-refractivity contribution is -0.141. The van der Waals surface area contributed by atoms with E-state index in [1.807, 2.05) is 9.80 Å². The Labute approximate surface area is 169 Å². The number of nitrogens with zero attached hydrogens (tertiary/aromatic N) is 2. The van der Waals surface area contributed by atoms with Gasteiger partial charge in [0.05, 0.1) is 12.8 Å². The number of unbranched alkanes of at least 4 members (excludes halogenated alkanes) is 9. The maximum absolute atomic E-state index is 11.7. The van der Waals surface area contributed by atoms with Gasteiger partial charge in [0.15, 0.2) is 0 Å². The zero-order chi connectivity index (χ0) is 20.2. The van der Waals surface area contributed by atoms with Crippen molar-refractivity contribution >= 4 is 23.4 Å². The largest absolute Gasteiger partial charge is 0.342 e. The molecular weight excluding hydrogens is 356 g/mol. The Morgan fingerprint density at radius 1 is 0.500 bits per heavy atom. The number of hydrogen-bond donors (Lipinski definition) is 0. The number of piperidine rings is 2. The molecule has 2 aliphatic heterocycles. The molecule has 0 saturated carbocycles. The molecule has 0 spiro atoms. The van der Waals surface area contributed by atoms with Crippen molar-refractivity contribution in [3.8, 4) is 0 Å². The number of rotatable bonds is 13. The molecule has 2 aliphatic rings. The summed E-state index contributed by atoms with van der Waals surface area (Å²) in [4.78, 5) is 49.5. The molecule has 0 atom stereocenters. The topological polar surface area (TPSA) is 74.8 Å². The third-order valence-corrected chi connectivity index (χ3v) is 5.83. The normalized spacial score (nSPS) is 18.3. The fourth-order valence-electron chi connectivity index (χ4n) is 4.00. The van der Waals surface area contributed by atoms with Crippen LogP contribution in [0.15, 0.2) is 0 Å². The first-order valence-electron chi connectivity index (χ1n) is 11.1. The van der Waals surface area contributed by atoms with Gasteiger partial charge in [0, 0.05) is 39.0 Å². The fraction of sp³-hybridized carbons (Fsp3) is 0.818.